The number of imidazole rings is 1. The summed E-state index contributed by atoms with van der Waals surface area (Å²) in [5, 5.41) is 0. The van der Waals surface area contributed by atoms with Crippen LogP contribution < -0.4 is 4.74 Å². The molecule has 2 aromatic carbocycles. The van der Waals surface area contributed by atoms with Crippen molar-refractivity contribution >= 4 is 27.0 Å². The van der Waals surface area contributed by atoms with Crippen LogP contribution in [0.5, 0.6) is 5.75 Å². The van der Waals surface area contributed by atoms with E-state index in [1.807, 2.05) is 35.8 Å². The zero-order valence-corrected chi connectivity index (χ0v) is 19.1. The van der Waals surface area contributed by atoms with Crippen LogP contribution in [0.4, 0.5) is 13.2 Å². The van der Waals surface area contributed by atoms with Crippen LogP contribution in [0.2, 0.25) is 0 Å². The van der Waals surface area contributed by atoms with Crippen LogP contribution in [-0.2, 0) is 27.8 Å². The lowest BCUT2D eigenvalue weighted by atomic mass is 10.3. The number of aryl methyl sites for hydroxylation is 1. The normalized spacial score (nSPS) is 15.6. The lowest BCUT2D eigenvalue weighted by Crippen LogP contribution is -2.51. The van der Waals surface area contributed by atoms with E-state index in [2.05, 4.69) is 9.72 Å². The highest BCUT2D eigenvalue weighted by molar-refractivity contribution is 7.89. The first-order chi connectivity index (χ1) is 16.1. The summed E-state index contributed by atoms with van der Waals surface area (Å²) >= 11 is 0. The summed E-state index contributed by atoms with van der Waals surface area (Å²) in [5.41, 5.74) is 1.68. The van der Waals surface area contributed by atoms with E-state index in [1.54, 1.807) is 4.90 Å². The summed E-state index contributed by atoms with van der Waals surface area (Å²) in [5.74, 6) is 0.164. The van der Waals surface area contributed by atoms with Gasteiger partial charge in [0.25, 0.3) is 0 Å². The van der Waals surface area contributed by atoms with Gasteiger partial charge in [0.15, 0.2) is 0 Å². The lowest BCUT2D eigenvalue weighted by Gasteiger charge is -2.34. The van der Waals surface area contributed by atoms with E-state index in [9.17, 15) is 26.4 Å². The molecule has 1 amide bonds. The molecule has 0 unspecified atom stereocenters. The van der Waals surface area contributed by atoms with Gasteiger partial charge in [0.05, 0.1) is 15.9 Å². The first kappa shape index (κ1) is 24.0. The first-order valence-electron chi connectivity index (χ1n) is 10.7. The molecule has 12 heteroatoms. The van der Waals surface area contributed by atoms with E-state index in [0.29, 0.717) is 6.42 Å². The molecule has 3 aromatic rings. The maximum atomic E-state index is 13.0. The summed E-state index contributed by atoms with van der Waals surface area (Å²) in [6.07, 6.45) is -4.19. The number of piperazine rings is 1. The Morgan fingerprint density at radius 3 is 2.29 bits per heavy atom. The molecule has 0 saturated carbocycles. The molecule has 182 valence electrons. The number of nitrogens with zero attached hydrogens (tertiary/aromatic N) is 4. The molecule has 1 aliphatic heterocycles. The Hall–Kier alpha value is -3.12. The van der Waals surface area contributed by atoms with Gasteiger partial charge in [-0.25, -0.2) is 13.4 Å². The second-order valence-electron chi connectivity index (χ2n) is 7.76. The topological polar surface area (TPSA) is 84.7 Å². The minimum Gasteiger partial charge on any atom is -0.406 e. The van der Waals surface area contributed by atoms with E-state index < -0.39 is 22.1 Å². The second kappa shape index (κ2) is 9.26. The van der Waals surface area contributed by atoms with E-state index in [0.717, 1.165) is 41.1 Å². The van der Waals surface area contributed by atoms with Crippen LogP contribution in [0.15, 0.2) is 53.4 Å². The van der Waals surface area contributed by atoms with Crippen molar-refractivity contribution in [2.75, 3.05) is 26.2 Å². The van der Waals surface area contributed by atoms with Crippen LogP contribution in [0.1, 0.15) is 12.7 Å². The predicted octanol–water partition coefficient (Wildman–Crippen LogP) is 3.03. The van der Waals surface area contributed by atoms with Crippen molar-refractivity contribution in [2.45, 2.75) is 31.1 Å². The Morgan fingerprint density at radius 2 is 1.68 bits per heavy atom. The third kappa shape index (κ3) is 5.02. The Morgan fingerprint density at radius 1 is 1.03 bits per heavy atom. The zero-order valence-electron chi connectivity index (χ0n) is 18.3. The van der Waals surface area contributed by atoms with Crippen molar-refractivity contribution in [2.24, 2.45) is 0 Å². The van der Waals surface area contributed by atoms with Gasteiger partial charge in [-0.05, 0) is 36.4 Å². The van der Waals surface area contributed by atoms with Crippen LogP contribution in [0.3, 0.4) is 0 Å². The number of amides is 1. The van der Waals surface area contributed by atoms with Gasteiger partial charge in [-0.2, -0.15) is 4.31 Å². The minimum absolute atomic E-state index is 0.0835. The molecule has 2 heterocycles. The molecule has 4 rings (SSSR count). The molecule has 1 aliphatic rings. The second-order valence-corrected chi connectivity index (χ2v) is 9.70. The third-order valence-electron chi connectivity index (χ3n) is 5.63. The van der Waals surface area contributed by atoms with Crippen molar-refractivity contribution in [3.8, 4) is 5.75 Å². The molecular formula is C22H23F3N4O4S. The molecular weight excluding hydrogens is 473 g/mol. The van der Waals surface area contributed by atoms with E-state index in [-0.39, 0.29) is 43.5 Å². The standard InChI is InChI=1S/C22H23F3N4O4S/c1-2-20-26-18-5-3-4-6-19(18)29(20)15-21(30)27-11-13-28(14-12-27)34(31,32)17-9-7-16(8-10-17)33-22(23,24)25/h3-10H,2,11-15H2,1H3. The van der Waals surface area contributed by atoms with Gasteiger partial charge in [-0.15, -0.1) is 13.2 Å². The van der Waals surface area contributed by atoms with Crippen molar-refractivity contribution in [1.82, 2.24) is 18.8 Å². The number of hydrogen-bond donors (Lipinski definition) is 0. The number of alkyl halides is 3. The molecule has 34 heavy (non-hydrogen) atoms. The Bertz CT molecular complexity index is 1280. The summed E-state index contributed by atoms with van der Waals surface area (Å²) < 4.78 is 69.6. The maximum Gasteiger partial charge on any atom is 0.573 e. The van der Waals surface area contributed by atoms with Crippen molar-refractivity contribution < 1.29 is 31.1 Å². The summed E-state index contributed by atoms with van der Waals surface area (Å²) in [7, 11) is -3.92. The quantitative estimate of drug-likeness (QED) is 0.524. The number of hydrogen-bond acceptors (Lipinski definition) is 5. The molecule has 1 aromatic heterocycles. The number of ether oxygens (including phenoxy) is 1. The van der Waals surface area contributed by atoms with E-state index >= 15 is 0 Å². The predicted molar refractivity (Wildman–Crippen MR) is 118 cm³/mol. The molecule has 1 saturated heterocycles. The Balaban J connectivity index is 1.40. The summed E-state index contributed by atoms with van der Waals surface area (Å²) in [6, 6.07) is 11.6. The van der Waals surface area contributed by atoms with Crippen molar-refractivity contribution in [3.05, 3.63) is 54.4 Å². The number of rotatable bonds is 6. The van der Waals surface area contributed by atoms with E-state index in [1.165, 1.54) is 4.31 Å². The van der Waals surface area contributed by atoms with Gasteiger partial charge in [-0.1, -0.05) is 19.1 Å². The minimum atomic E-state index is -4.86. The zero-order chi connectivity index (χ0) is 24.5. The summed E-state index contributed by atoms with van der Waals surface area (Å²) in [6.45, 7) is 2.66. The van der Waals surface area contributed by atoms with E-state index in [4.69, 9.17) is 0 Å². The number of fused-ring (bicyclic) bond motifs is 1. The fourth-order valence-electron chi connectivity index (χ4n) is 3.95. The Kier molecular flexibility index (Phi) is 6.54. The number of para-hydroxylation sites is 2. The fourth-order valence-corrected chi connectivity index (χ4v) is 5.37. The number of aromatic nitrogens is 2. The molecule has 1 fully saturated rings. The molecule has 8 nitrogen and oxygen atoms in total. The largest absolute Gasteiger partial charge is 0.573 e. The molecule has 0 spiro atoms. The highest BCUT2D eigenvalue weighted by Gasteiger charge is 2.33. The Labute approximate surface area is 194 Å². The number of carbonyl (C=O) groups excluding carboxylic acids is 1. The highest BCUT2D eigenvalue weighted by atomic mass is 32.2. The average molecular weight is 497 g/mol. The first-order valence-corrected chi connectivity index (χ1v) is 12.1. The molecule has 0 aliphatic carbocycles. The lowest BCUT2D eigenvalue weighted by molar-refractivity contribution is -0.274. The fraction of sp³-hybridized carbons (Fsp3) is 0.364. The van der Waals surface area contributed by atoms with Crippen LogP contribution in [0, 0.1) is 0 Å². The van der Waals surface area contributed by atoms with Crippen LogP contribution >= 0.6 is 0 Å². The van der Waals surface area contributed by atoms with Gasteiger partial charge >= 0.3 is 6.36 Å². The smallest absolute Gasteiger partial charge is 0.406 e. The molecule has 0 bridgehead atoms. The van der Waals surface area contributed by atoms with Crippen LogP contribution in [0.25, 0.3) is 11.0 Å². The van der Waals surface area contributed by atoms with Gasteiger partial charge in [-0.3, -0.25) is 4.79 Å². The number of carbonyl (C=O) groups is 1. The van der Waals surface area contributed by atoms with Gasteiger partial charge < -0.3 is 14.2 Å². The average Bonchev–Trinajstić information content (AvgIpc) is 3.16. The van der Waals surface area contributed by atoms with Gasteiger partial charge in [0.2, 0.25) is 15.9 Å². The maximum absolute atomic E-state index is 13.0. The van der Waals surface area contributed by atoms with Gasteiger partial charge in [0, 0.05) is 32.6 Å². The van der Waals surface area contributed by atoms with Gasteiger partial charge in [0.1, 0.15) is 18.1 Å². The summed E-state index contributed by atoms with van der Waals surface area (Å²) in [4.78, 5) is 19.0. The molecule has 0 N–H and O–H groups in total. The number of sulfonamides is 1. The van der Waals surface area contributed by atoms with Crippen LogP contribution in [-0.4, -0.2) is 65.6 Å². The van der Waals surface area contributed by atoms with Crippen molar-refractivity contribution in [1.29, 1.82) is 0 Å². The molecule has 0 radical (unpaired) electrons. The number of benzene rings is 2. The number of halogens is 3. The third-order valence-corrected chi connectivity index (χ3v) is 7.54. The van der Waals surface area contributed by atoms with Crippen molar-refractivity contribution in [3.63, 3.8) is 0 Å². The highest BCUT2D eigenvalue weighted by Crippen LogP contribution is 2.25. The molecule has 0 atom stereocenters. The SMILES string of the molecule is CCc1nc2ccccc2n1CC(=O)N1CCN(S(=O)(=O)c2ccc(OC(F)(F)F)cc2)CC1. The monoisotopic (exact) mass is 496 g/mol.